The van der Waals surface area contributed by atoms with Gasteiger partial charge in [-0.3, -0.25) is 13.9 Å². The molecule has 214 valence electrons. The van der Waals surface area contributed by atoms with Gasteiger partial charge in [-0.1, -0.05) is 72.9 Å². The Morgan fingerprint density at radius 2 is 1.57 bits per heavy atom. The van der Waals surface area contributed by atoms with Crippen LogP contribution in [0, 0.1) is 6.92 Å². The normalized spacial score (nSPS) is 12.1. The van der Waals surface area contributed by atoms with E-state index in [1.165, 1.54) is 29.2 Å². The van der Waals surface area contributed by atoms with Crippen LogP contribution in [0.4, 0.5) is 5.69 Å². The number of hydrogen-bond donors (Lipinski definition) is 1. The molecular formula is C29H32Cl3N3O4S. The van der Waals surface area contributed by atoms with Crippen molar-refractivity contribution in [3.63, 3.8) is 0 Å². The van der Waals surface area contributed by atoms with Crippen LogP contribution in [0.3, 0.4) is 0 Å². The molecule has 0 saturated carbocycles. The van der Waals surface area contributed by atoms with Crippen molar-refractivity contribution in [3.05, 3.63) is 92.9 Å². The van der Waals surface area contributed by atoms with Crippen molar-refractivity contribution < 1.29 is 18.0 Å². The number of nitrogens with one attached hydrogen (secondary N) is 1. The number of halogens is 3. The molecule has 3 aromatic rings. The Balaban J connectivity index is 2.08. The Kier molecular flexibility index (Phi) is 11.3. The molecule has 1 atom stereocenters. The van der Waals surface area contributed by atoms with Gasteiger partial charge in [-0.05, 0) is 73.4 Å². The first-order valence-electron chi connectivity index (χ1n) is 12.8. The molecule has 1 N–H and O–H groups in total. The maximum absolute atomic E-state index is 14.1. The van der Waals surface area contributed by atoms with Crippen molar-refractivity contribution >= 4 is 62.3 Å². The van der Waals surface area contributed by atoms with E-state index in [1.54, 1.807) is 56.3 Å². The monoisotopic (exact) mass is 623 g/mol. The van der Waals surface area contributed by atoms with Gasteiger partial charge in [0.2, 0.25) is 11.8 Å². The highest BCUT2D eigenvalue weighted by Gasteiger charge is 2.34. The van der Waals surface area contributed by atoms with Gasteiger partial charge in [0.05, 0.1) is 10.6 Å². The molecule has 3 aromatic carbocycles. The highest BCUT2D eigenvalue weighted by atomic mass is 35.5. The van der Waals surface area contributed by atoms with Gasteiger partial charge in [-0.2, -0.15) is 0 Å². The third kappa shape index (κ3) is 7.69. The molecule has 0 aromatic heterocycles. The van der Waals surface area contributed by atoms with Crippen LogP contribution < -0.4 is 9.62 Å². The number of aryl methyl sites for hydroxylation is 1. The van der Waals surface area contributed by atoms with E-state index in [-0.39, 0.29) is 17.3 Å². The fraction of sp³-hybridized carbons (Fsp3) is 0.310. The van der Waals surface area contributed by atoms with Crippen molar-refractivity contribution in [2.24, 2.45) is 0 Å². The third-order valence-corrected chi connectivity index (χ3v) is 8.97. The number of hydrogen-bond acceptors (Lipinski definition) is 4. The van der Waals surface area contributed by atoms with Crippen LogP contribution in [-0.2, 0) is 26.2 Å². The zero-order valence-electron chi connectivity index (χ0n) is 22.5. The number of rotatable bonds is 12. The average molecular weight is 625 g/mol. The summed E-state index contributed by atoms with van der Waals surface area (Å²) in [6, 6.07) is 16.7. The highest BCUT2D eigenvalue weighted by molar-refractivity contribution is 7.92. The summed E-state index contributed by atoms with van der Waals surface area (Å²) in [5.74, 6) is -0.893. The van der Waals surface area contributed by atoms with Crippen LogP contribution in [0.5, 0.6) is 0 Å². The van der Waals surface area contributed by atoms with E-state index >= 15 is 0 Å². The molecule has 3 rings (SSSR count). The Hall–Kier alpha value is -2.78. The number of benzene rings is 3. The number of sulfonamides is 1. The van der Waals surface area contributed by atoms with Gasteiger partial charge in [0.15, 0.2) is 0 Å². The van der Waals surface area contributed by atoms with E-state index in [0.717, 1.165) is 10.7 Å². The first-order chi connectivity index (χ1) is 19.0. The first kappa shape index (κ1) is 31.7. The second kappa shape index (κ2) is 14.2. The molecular weight excluding hydrogens is 593 g/mol. The molecule has 11 heteroatoms. The van der Waals surface area contributed by atoms with Crippen molar-refractivity contribution in [3.8, 4) is 0 Å². The topological polar surface area (TPSA) is 86.8 Å². The predicted molar refractivity (Wildman–Crippen MR) is 162 cm³/mol. The lowest BCUT2D eigenvalue weighted by Crippen LogP contribution is -2.52. The average Bonchev–Trinajstić information content (AvgIpc) is 2.92. The van der Waals surface area contributed by atoms with Gasteiger partial charge >= 0.3 is 0 Å². The Morgan fingerprint density at radius 1 is 0.925 bits per heavy atom. The highest BCUT2D eigenvalue weighted by Crippen LogP contribution is 2.29. The molecule has 0 aliphatic rings. The van der Waals surface area contributed by atoms with Gasteiger partial charge in [-0.25, -0.2) is 8.42 Å². The van der Waals surface area contributed by atoms with Crippen LogP contribution in [0.2, 0.25) is 15.1 Å². The van der Waals surface area contributed by atoms with Gasteiger partial charge in [0.25, 0.3) is 10.0 Å². The van der Waals surface area contributed by atoms with Crippen LogP contribution >= 0.6 is 34.8 Å². The molecule has 0 spiro atoms. The van der Waals surface area contributed by atoms with Gasteiger partial charge in [0, 0.05) is 28.2 Å². The minimum atomic E-state index is -4.19. The number of para-hydroxylation sites is 1. The maximum Gasteiger partial charge on any atom is 0.264 e. The summed E-state index contributed by atoms with van der Waals surface area (Å²) in [7, 11) is -4.19. The molecule has 2 amide bonds. The molecule has 0 heterocycles. The Bertz CT molecular complexity index is 1450. The van der Waals surface area contributed by atoms with E-state index in [2.05, 4.69) is 5.32 Å². The molecule has 0 aliphatic heterocycles. The van der Waals surface area contributed by atoms with E-state index in [9.17, 15) is 18.0 Å². The van der Waals surface area contributed by atoms with Gasteiger partial charge in [-0.15, -0.1) is 0 Å². The summed E-state index contributed by atoms with van der Waals surface area (Å²) in [5.41, 5.74) is 1.58. The molecule has 0 aliphatic carbocycles. The third-order valence-electron chi connectivity index (χ3n) is 6.36. The molecule has 0 bridgehead atoms. The number of anilines is 1. The van der Waals surface area contributed by atoms with Crippen LogP contribution in [0.15, 0.2) is 71.6 Å². The molecule has 0 fully saturated rings. The summed E-state index contributed by atoms with van der Waals surface area (Å²) in [4.78, 5) is 28.6. The predicted octanol–water partition coefficient (Wildman–Crippen LogP) is 6.48. The fourth-order valence-corrected chi connectivity index (χ4v) is 6.28. The SMILES string of the molecule is CCCNC(=O)[C@@H](CC)N(Cc1ccc(Cl)cc1Cl)C(=O)CN(c1ccccc1C)S(=O)(=O)c1ccc(Cl)cc1. The molecule has 0 radical (unpaired) electrons. The Morgan fingerprint density at radius 3 is 2.17 bits per heavy atom. The quantitative estimate of drug-likeness (QED) is 0.250. The van der Waals surface area contributed by atoms with E-state index in [1.807, 2.05) is 6.92 Å². The van der Waals surface area contributed by atoms with Crippen LogP contribution in [0.25, 0.3) is 0 Å². The lowest BCUT2D eigenvalue weighted by atomic mass is 10.1. The van der Waals surface area contributed by atoms with Crippen LogP contribution in [0.1, 0.15) is 37.8 Å². The molecule has 0 saturated heterocycles. The lowest BCUT2D eigenvalue weighted by molar-refractivity contribution is -0.140. The van der Waals surface area contributed by atoms with Crippen LogP contribution in [-0.4, -0.2) is 44.3 Å². The summed E-state index contributed by atoms with van der Waals surface area (Å²) in [6.07, 6.45) is 1.03. The summed E-state index contributed by atoms with van der Waals surface area (Å²) in [5, 5.41) is 4.00. The fourth-order valence-electron chi connectivity index (χ4n) is 4.21. The maximum atomic E-state index is 14.1. The molecule has 7 nitrogen and oxygen atoms in total. The Labute approximate surface area is 251 Å². The smallest absolute Gasteiger partial charge is 0.264 e. The zero-order chi connectivity index (χ0) is 29.4. The molecule has 40 heavy (non-hydrogen) atoms. The lowest BCUT2D eigenvalue weighted by Gasteiger charge is -2.33. The molecule has 0 unspecified atom stereocenters. The number of carbonyl (C=O) groups is 2. The summed E-state index contributed by atoms with van der Waals surface area (Å²) < 4.78 is 28.9. The zero-order valence-corrected chi connectivity index (χ0v) is 25.6. The van der Waals surface area contributed by atoms with Crippen molar-refractivity contribution in [1.29, 1.82) is 0 Å². The van der Waals surface area contributed by atoms with Crippen molar-refractivity contribution in [2.75, 3.05) is 17.4 Å². The van der Waals surface area contributed by atoms with Crippen molar-refractivity contribution in [2.45, 2.75) is 51.1 Å². The first-order valence-corrected chi connectivity index (χ1v) is 15.4. The number of nitrogens with zero attached hydrogens (tertiary/aromatic N) is 2. The largest absolute Gasteiger partial charge is 0.354 e. The summed E-state index contributed by atoms with van der Waals surface area (Å²) >= 11 is 18.5. The minimum Gasteiger partial charge on any atom is -0.354 e. The standard InChI is InChI=1S/C29H32Cl3N3O4S/c1-4-16-33-29(37)26(5-2)34(18-21-10-11-23(31)17-25(21)32)28(36)19-35(27-9-7-6-8-20(27)3)40(38,39)24-14-12-22(30)13-15-24/h6-15,17,26H,4-5,16,18-19H2,1-3H3,(H,33,37)/t26-/m1/s1. The van der Waals surface area contributed by atoms with Crippen molar-refractivity contribution in [1.82, 2.24) is 10.2 Å². The number of carbonyl (C=O) groups excluding carboxylic acids is 2. The minimum absolute atomic E-state index is 0.0184. The van der Waals surface area contributed by atoms with Gasteiger partial charge in [0.1, 0.15) is 12.6 Å². The second-order valence-electron chi connectivity index (χ2n) is 9.22. The van der Waals surface area contributed by atoms with Gasteiger partial charge < -0.3 is 10.2 Å². The summed E-state index contributed by atoms with van der Waals surface area (Å²) in [6.45, 7) is 5.37. The second-order valence-corrected chi connectivity index (χ2v) is 12.4. The van der Waals surface area contributed by atoms with E-state index in [0.29, 0.717) is 44.8 Å². The number of amides is 2. The van der Waals surface area contributed by atoms with E-state index < -0.39 is 28.5 Å². The van der Waals surface area contributed by atoms with E-state index in [4.69, 9.17) is 34.8 Å².